The van der Waals surface area contributed by atoms with Crippen molar-refractivity contribution in [1.29, 1.82) is 0 Å². The van der Waals surface area contributed by atoms with Crippen LogP contribution in [0.25, 0.3) is 0 Å². The van der Waals surface area contributed by atoms with E-state index in [1.165, 1.54) is 17.0 Å². The third-order valence-electron chi connectivity index (χ3n) is 3.41. The first-order valence-corrected chi connectivity index (χ1v) is 6.48. The summed E-state index contributed by atoms with van der Waals surface area (Å²) in [7, 11) is 0. The van der Waals surface area contributed by atoms with E-state index in [4.69, 9.17) is 5.73 Å². The number of primary amides is 1. The van der Waals surface area contributed by atoms with E-state index >= 15 is 0 Å². The molecule has 1 atom stereocenters. The maximum Gasteiger partial charge on any atom is 0.282 e. The van der Waals surface area contributed by atoms with Gasteiger partial charge in [-0.05, 0) is 18.6 Å². The maximum absolute atomic E-state index is 12.6. The van der Waals surface area contributed by atoms with Crippen molar-refractivity contribution in [3.8, 4) is 0 Å². The van der Waals surface area contributed by atoms with Gasteiger partial charge in [0.15, 0.2) is 0 Å². The standard InChI is InChI=1S/C13H16N4O4/c1-8-2-3-10(17(20)21)9(6-8)13(19)16-5-4-15-7-11(16)12(14)18/h2-3,6,11,15H,4-5,7H2,1H3,(H2,14,18). The van der Waals surface area contributed by atoms with Gasteiger partial charge >= 0.3 is 0 Å². The zero-order chi connectivity index (χ0) is 15.6. The van der Waals surface area contributed by atoms with Gasteiger partial charge in [-0.15, -0.1) is 0 Å². The van der Waals surface area contributed by atoms with Crippen LogP contribution in [0.15, 0.2) is 18.2 Å². The molecule has 1 fully saturated rings. The van der Waals surface area contributed by atoms with E-state index in [1.807, 2.05) is 0 Å². The topological polar surface area (TPSA) is 119 Å². The Balaban J connectivity index is 2.40. The summed E-state index contributed by atoms with van der Waals surface area (Å²) in [5, 5.41) is 14.0. The molecule has 112 valence electrons. The lowest BCUT2D eigenvalue weighted by atomic mass is 10.1. The second kappa shape index (κ2) is 5.88. The Kier molecular flexibility index (Phi) is 4.18. The minimum absolute atomic E-state index is 0.0202. The van der Waals surface area contributed by atoms with Crippen molar-refractivity contribution in [3.05, 3.63) is 39.4 Å². The average molecular weight is 292 g/mol. The second-order valence-corrected chi connectivity index (χ2v) is 4.90. The highest BCUT2D eigenvalue weighted by Crippen LogP contribution is 2.22. The van der Waals surface area contributed by atoms with Gasteiger partial charge in [0.1, 0.15) is 11.6 Å². The molecule has 1 aliphatic heterocycles. The van der Waals surface area contributed by atoms with Gasteiger partial charge in [0.2, 0.25) is 5.91 Å². The van der Waals surface area contributed by atoms with Crippen molar-refractivity contribution < 1.29 is 14.5 Å². The molecular weight excluding hydrogens is 276 g/mol. The van der Waals surface area contributed by atoms with Crippen LogP contribution in [0.3, 0.4) is 0 Å². The van der Waals surface area contributed by atoms with Crippen LogP contribution in [-0.2, 0) is 4.79 Å². The lowest BCUT2D eigenvalue weighted by Gasteiger charge is -2.34. The van der Waals surface area contributed by atoms with Gasteiger partial charge in [-0.25, -0.2) is 0 Å². The van der Waals surface area contributed by atoms with Crippen LogP contribution in [0.1, 0.15) is 15.9 Å². The molecule has 1 aromatic carbocycles. The number of aryl methyl sites for hydroxylation is 1. The summed E-state index contributed by atoms with van der Waals surface area (Å²) < 4.78 is 0. The Labute approximate surface area is 121 Å². The van der Waals surface area contributed by atoms with E-state index in [9.17, 15) is 19.7 Å². The molecule has 1 heterocycles. The van der Waals surface area contributed by atoms with Crippen LogP contribution < -0.4 is 11.1 Å². The Bertz CT molecular complexity index is 602. The molecule has 0 saturated carbocycles. The number of nitrogens with one attached hydrogen (secondary N) is 1. The number of hydrogen-bond acceptors (Lipinski definition) is 5. The van der Waals surface area contributed by atoms with Crippen molar-refractivity contribution in [1.82, 2.24) is 10.2 Å². The van der Waals surface area contributed by atoms with Crippen molar-refractivity contribution >= 4 is 17.5 Å². The highest BCUT2D eigenvalue weighted by molar-refractivity contribution is 6.00. The van der Waals surface area contributed by atoms with Crippen LogP contribution in [0.5, 0.6) is 0 Å². The number of nitro benzene ring substituents is 1. The van der Waals surface area contributed by atoms with Gasteiger partial charge in [-0.2, -0.15) is 0 Å². The van der Waals surface area contributed by atoms with E-state index in [0.29, 0.717) is 6.54 Å². The number of hydrogen-bond donors (Lipinski definition) is 2. The van der Waals surface area contributed by atoms with Gasteiger partial charge in [0, 0.05) is 25.7 Å². The molecule has 0 aromatic heterocycles. The smallest absolute Gasteiger partial charge is 0.282 e. The molecule has 1 aromatic rings. The minimum Gasteiger partial charge on any atom is -0.368 e. The Morgan fingerprint density at radius 3 is 2.81 bits per heavy atom. The molecule has 0 bridgehead atoms. The van der Waals surface area contributed by atoms with Crippen LogP contribution in [0.2, 0.25) is 0 Å². The Morgan fingerprint density at radius 2 is 2.19 bits per heavy atom. The molecule has 0 aliphatic carbocycles. The molecule has 1 saturated heterocycles. The molecule has 8 heteroatoms. The Hall–Kier alpha value is -2.48. The van der Waals surface area contributed by atoms with E-state index < -0.39 is 22.8 Å². The summed E-state index contributed by atoms with van der Waals surface area (Å²) in [6.07, 6.45) is 0. The molecule has 8 nitrogen and oxygen atoms in total. The summed E-state index contributed by atoms with van der Waals surface area (Å²) in [6.45, 7) is 2.77. The zero-order valence-corrected chi connectivity index (χ0v) is 11.5. The summed E-state index contributed by atoms with van der Waals surface area (Å²) in [5.41, 5.74) is 5.73. The van der Waals surface area contributed by atoms with E-state index in [0.717, 1.165) is 5.56 Å². The molecule has 0 radical (unpaired) electrons. The van der Waals surface area contributed by atoms with E-state index in [1.54, 1.807) is 13.0 Å². The first kappa shape index (κ1) is 14.9. The minimum atomic E-state index is -0.800. The highest BCUT2D eigenvalue weighted by atomic mass is 16.6. The number of nitro groups is 1. The van der Waals surface area contributed by atoms with Crippen LogP contribution in [0.4, 0.5) is 5.69 Å². The number of nitrogens with zero attached hydrogens (tertiary/aromatic N) is 2. The Morgan fingerprint density at radius 1 is 1.48 bits per heavy atom. The van der Waals surface area contributed by atoms with E-state index in [2.05, 4.69) is 5.32 Å². The quantitative estimate of drug-likeness (QED) is 0.591. The lowest BCUT2D eigenvalue weighted by Crippen LogP contribution is -2.58. The molecular formula is C13H16N4O4. The summed E-state index contributed by atoms with van der Waals surface area (Å²) in [4.78, 5) is 35.8. The molecule has 21 heavy (non-hydrogen) atoms. The van der Waals surface area contributed by atoms with Crippen molar-refractivity contribution in [2.75, 3.05) is 19.6 Å². The number of carbonyl (C=O) groups is 2. The number of amides is 2. The van der Waals surface area contributed by atoms with E-state index in [-0.39, 0.29) is 24.3 Å². The normalized spacial score (nSPS) is 18.3. The SMILES string of the molecule is Cc1ccc([N+](=O)[O-])c(C(=O)N2CCNCC2C(N)=O)c1. The maximum atomic E-state index is 12.6. The second-order valence-electron chi connectivity index (χ2n) is 4.90. The highest BCUT2D eigenvalue weighted by Gasteiger charge is 2.34. The number of carbonyl (C=O) groups excluding carboxylic acids is 2. The van der Waals surface area contributed by atoms with Gasteiger partial charge in [-0.3, -0.25) is 19.7 Å². The zero-order valence-electron chi connectivity index (χ0n) is 11.5. The first-order valence-electron chi connectivity index (χ1n) is 6.48. The average Bonchev–Trinajstić information content (AvgIpc) is 2.46. The largest absolute Gasteiger partial charge is 0.368 e. The third-order valence-corrected chi connectivity index (χ3v) is 3.41. The number of nitrogens with two attached hydrogens (primary N) is 1. The number of rotatable bonds is 3. The first-order chi connectivity index (χ1) is 9.91. The fourth-order valence-electron chi connectivity index (χ4n) is 2.34. The third kappa shape index (κ3) is 3.00. The summed E-state index contributed by atoms with van der Waals surface area (Å²) in [5.74, 6) is -1.18. The molecule has 2 amide bonds. The van der Waals surface area contributed by atoms with Crippen LogP contribution in [-0.4, -0.2) is 47.3 Å². The van der Waals surface area contributed by atoms with Gasteiger partial charge in [0.25, 0.3) is 11.6 Å². The van der Waals surface area contributed by atoms with Gasteiger partial charge < -0.3 is 16.0 Å². The molecule has 0 spiro atoms. The van der Waals surface area contributed by atoms with Crippen molar-refractivity contribution in [2.24, 2.45) is 5.73 Å². The molecule has 1 aliphatic rings. The molecule has 1 unspecified atom stereocenters. The monoisotopic (exact) mass is 292 g/mol. The van der Waals surface area contributed by atoms with Crippen LogP contribution >= 0.6 is 0 Å². The fraction of sp³-hybridized carbons (Fsp3) is 0.385. The predicted molar refractivity (Wildman–Crippen MR) is 74.7 cm³/mol. The van der Waals surface area contributed by atoms with Gasteiger partial charge in [-0.1, -0.05) is 6.07 Å². The van der Waals surface area contributed by atoms with Crippen molar-refractivity contribution in [2.45, 2.75) is 13.0 Å². The van der Waals surface area contributed by atoms with Gasteiger partial charge in [0.05, 0.1) is 4.92 Å². The lowest BCUT2D eigenvalue weighted by molar-refractivity contribution is -0.385. The summed E-state index contributed by atoms with van der Waals surface area (Å²) in [6, 6.07) is 3.52. The summed E-state index contributed by atoms with van der Waals surface area (Å²) >= 11 is 0. The van der Waals surface area contributed by atoms with Crippen molar-refractivity contribution in [3.63, 3.8) is 0 Å². The predicted octanol–water partition coefficient (Wildman–Crippen LogP) is -0.197. The number of benzene rings is 1. The molecule has 2 rings (SSSR count). The molecule has 3 N–H and O–H groups in total. The van der Waals surface area contributed by atoms with Crippen LogP contribution in [0, 0.1) is 17.0 Å². The number of piperazine rings is 1. The fourth-order valence-corrected chi connectivity index (χ4v) is 2.34.